The molecule has 1 atom stereocenters. The predicted molar refractivity (Wildman–Crippen MR) is 106 cm³/mol. The number of amides is 2. The Bertz CT molecular complexity index is 921. The largest absolute Gasteiger partial charge is 0.471 e. The van der Waals surface area contributed by atoms with Crippen LogP contribution in [0.1, 0.15) is 23.2 Å². The Balaban J connectivity index is 1.34. The molecule has 1 unspecified atom stereocenters. The Morgan fingerprint density at radius 2 is 1.86 bits per heavy atom. The Kier molecular flexibility index (Phi) is 4.79. The zero-order chi connectivity index (χ0) is 19.8. The molecule has 0 bridgehead atoms. The molecule has 2 amide bonds. The van der Waals surface area contributed by atoms with Gasteiger partial charge in [-0.1, -0.05) is 12.1 Å². The Labute approximate surface area is 165 Å². The zero-order valence-corrected chi connectivity index (χ0v) is 16.5. The summed E-state index contributed by atoms with van der Waals surface area (Å²) in [6.07, 6.45) is 0.235. The lowest BCUT2D eigenvalue weighted by Crippen LogP contribution is -2.57. The first-order chi connectivity index (χ1) is 13.4. The van der Waals surface area contributed by atoms with Gasteiger partial charge in [-0.15, -0.1) is 0 Å². The molecule has 4 rings (SSSR count). The van der Waals surface area contributed by atoms with Crippen molar-refractivity contribution in [2.75, 3.05) is 24.5 Å². The second kappa shape index (κ2) is 7.26. The van der Waals surface area contributed by atoms with E-state index in [-0.39, 0.29) is 30.3 Å². The van der Waals surface area contributed by atoms with E-state index in [2.05, 4.69) is 4.98 Å². The molecule has 0 N–H and O–H groups in total. The number of benzene rings is 1. The van der Waals surface area contributed by atoms with Crippen LogP contribution in [0.4, 0.5) is 5.69 Å². The maximum absolute atomic E-state index is 12.8. The number of ether oxygens (including phenoxy) is 1. The highest BCUT2D eigenvalue weighted by Crippen LogP contribution is 2.29. The molecule has 0 saturated carbocycles. The Hall–Kier alpha value is -2.89. The minimum Gasteiger partial charge on any atom is -0.471 e. The lowest BCUT2D eigenvalue weighted by atomic mass is 10.0. The van der Waals surface area contributed by atoms with E-state index in [1.165, 1.54) is 5.56 Å². The lowest BCUT2D eigenvalue weighted by Gasteiger charge is -2.39. The van der Waals surface area contributed by atoms with Crippen molar-refractivity contribution in [2.24, 2.45) is 5.92 Å². The van der Waals surface area contributed by atoms with E-state index in [4.69, 9.17) is 4.74 Å². The number of pyridine rings is 1. The quantitative estimate of drug-likeness (QED) is 0.819. The molecule has 6 nitrogen and oxygen atoms in total. The maximum atomic E-state index is 12.8. The molecule has 2 saturated heterocycles. The normalized spacial score (nSPS) is 19.7. The number of carbonyl (C=O) groups is 2. The molecule has 0 spiro atoms. The third kappa shape index (κ3) is 3.59. The first-order valence-electron chi connectivity index (χ1n) is 9.67. The third-order valence-corrected chi connectivity index (χ3v) is 5.59. The van der Waals surface area contributed by atoms with Crippen molar-refractivity contribution < 1.29 is 14.3 Å². The van der Waals surface area contributed by atoms with Crippen molar-refractivity contribution in [1.82, 2.24) is 9.88 Å². The van der Waals surface area contributed by atoms with E-state index in [0.29, 0.717) is 25.5 Å². The van der Waals surface area contributed by atoms with Crippen LogP contribution in [0.3, 0.4) is 0 Å². The Morgan fingerprint density at radius 1 is 1.07 bits per heavy atom. The number of hydrogen-bond acceptors (Lipinski definition) is 4. The van der Waals surface area contributed by atoms with Crippen LogP contribution in [0, 0.1) is 26.7 Å². The fourth-order valence-electron chi connectivity index (χ4n) is 3.72. The summed E-state index contributed by atoms with van der Waals surface area (Å²) in [4.78, 5) is 33.1. The summed E-state index contributed by atoms with van der Waals surface area (Å²) in [6, 6.07) is 11.6. The molecule has 6 heteroatoms. The summed E-state index contributed by atoms with van der Waals surface area (Å²) in [6.45, 7) is 7.53. The topological polar surface area (TPSA) is 62.7 Å². The standard InChI is InChI=1S/C22H25N3O3/c1-14-7-8-18(9-15(14)2)25-11-17(10-21(25)26)22(27)24-12-19(13-24)28-20-6-4-5-16(3)23-20/h4-9,17,19H,10-13H2,1-3H3. The number of anilines is 1. The molecule has 2 fully saturated rings. The first kappa shape index (κ1) is 18.5. The number of nitrogens with zero attached hydrogens (tertiary/aromatic N) is 3. The van der Waals surface area contributed by atoms with E-state index < -0.39 is 0 Å². The van der Waals surface area contributed by atoms with Gasteiger partial charge in [-0.2, -0.15) is 0 Å². The van der Waals surface area contributed by atoms with E-state index in [1.807, 2.05) is 57.2 Å². The summed E-state index contributed by atoms with van der Waals surface area (Å²) in [5.41, 5.74) is 4.12. The number of aromatic nitrogens is 1. The highest BCUT2D eigenvalue weighted by Gasteiger charge is 2.41. The van der Waals surface area contributed by atoms with Crippen LogP contribution in [-0.4, -0.2) is 47.4 Å². The predicted octanol–water partition coefficient (Wildman–Crippen LogP) is 2.65. The second-order valence-corrected chi connectivity index (χ2v) is 7.77. The number of aryl methyl sites for hydroxylation is 3. The molecule has 146 valence electrons. The highest BCUT2D eigenvalue weighted by molar-refractivity contribution is 6.00. The maximum Gasteiger partial charge on any atom is 0.228 e. The van der Waals surface area contributed by atoms with Crippen LogP contribution >= 0.6 is 0 Å². The first-order valence-corrected chi connectivity index (χ1v) is 9.67. The Morgan fingerprint density at radius 3 is 2.57 bits per heavy atom. The minimum absolute atomic E-state index is 0.0129. The van der Waals surface area contributed by atoms with Gasteiger partial charge in [-0.25, -0.2) is 4.98 Å². The van der Waals surface area contributed by atoms with Crippen molar-refractivity contribution in [1.29, 1.82) is 0 Å². The SMILES string of the molecule is Cc1cccc(OC2CN(C(=O)C3CC(=O)N(c4ccc(C)c(C)c4)C3)C2)n1. The average molecular weight is 379 g/mol. The van der Waals surface area contributed by atoms with Gasteiger partial charge in [0.1, 0.15) is 6.10 Å². The van der Waals surface area contributed by atoms with Gasteiger partial charge in [0.15, 0.2) is 0 Å². The number of hydrogen-bond donors (Lipinski definition) is 0. The summed E-state index contributed by atoms with van der Waals surface area (Å²) in [7, 11) is 0. The van der Waals surface area contributed by atoms with Crippen LogP contribution in [0.15, 0.2) is 36.4 Å². The average Bonchev–Trinajstić information content (AvgIpc) is 3.01. The smallest absolute Gasteiger partial charge is 0.228 e. The second-order valence-electron chi connectivity index (χ2n) is 7.77. The molecule has 0 aliphatic carbocycles. The highest BCUT2D eigenvalue weighted by atomic mass is 16.5. The van der Waals surface area contributed by atoms with Crippen molar-refractivity contribution >= 4 is 17.5 Å². The summed E-state index contributed by atoms with van der Waals surface area (Å²) < 4.78 is 5.83. The van der Waals surface area contributed by atoms with Gasteiger partial charge < -0.3 is 14.5 Å². The minimum atomic E-state index is -0.285. The van der Waals surface area contributed by atoms with Gasteiger partial charge in [0.2, 0.25) is 17.7 Å². The van der Waals surface area contributed by atoms with Crippen LogP contribution < -0.4 is 9.64 Å². The van der Waals surface area contributed by atoms with Gasteiger partial charge in [-0.05, 0) is 50.1 Å². The summed E-state index contributed by atoms with van der Waals surface area (Å²) >= 11 is 0. The molecule has 1 aromatic carbocycles. The van der Waals surface area contributed by atoms with Crippen LogP contribution in [0.25, 0.3) is 0 Å². The summed E-state index contributed by atoms with van der Waals surface area (Å²) in [5.74, 6) is 0.358. The third-order valence-electron chi connectivity index (χ3n) is 5.59. The molecule has 0 radical (unpaired) electrons. The molecule has 28 heavy (non-hydrogen) atoms. The van der Waals surface area contributed by atoms with Crippen LogP contribution in [0.2, 0.25) is 0 Å². The van der Waals surface area contributed by atoms with Crippen molar-refractivity contribution in [3.63, 3.8) is 0 Å². The zero-order valence-electron chi connectivity index (χ0n) is 16.5. The number of rotatable bonds is 4. The van der Waals surface area contributed by atoms with Crippen molar-refractivity contribution in [2.45, 2.75) is 33.3 Å². The number of likely N-dealkylation sites (tertiary alicyclic amines) is 1. The molecule has 3 heterocycles. The van der Waals surface area contributed by atoms with E-state index >= 15 is 0 Å². The number of carbonyl (C=O) groups excluding carboxylic acids is 2. The van der Waals surface area contributed by atoms with E-state index in [9.17, 15) is 9.59 Å². The molecular weight excluding hydrogens is 354 g/mol. The van der Waals surface area contributed by atoms with Gasteiger partial charge in [0.05, 0.1) is 19.0 Å². The van der Waals surface area contributed by atoms with Crippen LogP contribution in [-0.2, 0) is 9.59 Å². The molecule has 2 aliphatic rings. The van der Waals surface area contributed by atoms with Gasteiger partial charge >= 0.3 is 0 Å². The molecule has 1 aromatic heterocycles. The molecule has 2 aromatic rings. The van der Waals surface area contributed by atoms with E-state index in [0.717, 1.165) is 16.9 Å². The summed E-state index contributed by atoms with van der Waals surface area (Å²) in [5, 5.41) is 0. The van der Waals surface area contributed by atoms with E-state index in [1.54, 1.807) is 9.80 Å². The molecule has 2 aliphatic heterocycles. The fraction of sp³-hybridized carbons (Fsp3) is 0.409. The van der Waals surface area contributed by atoms with Gasteiger partial charge in [-0.3, -0.25) is 9.59 Å². The van der Waals surface area contributed by atoms with Crippen molar-refractivity contribution in [3.05, 3.63) is 53.2 Å². The van der Waals surface area contributed by atoms with Gasteiger partial charge in [0, 0.05) is 30.4 Å². The van der Waals surface area contributed by atoms with Crippen LogP contribution in [0.5, 0.6) is 5.88 Å². The lowest BCUT2D eigenvalue weighted by molar-refractivity contribution is -0.144. The fourth-order valence-corrected chi connectivity index (χ4v) is 3.72. The van der Waals surface area contributed by atoms with Crippen molar-refractivity contribution in [3.8, 4) is 5.88 Å². The monoisotopic (exact) mass is 379 g/mol. The van der Waals surface area contributed by atoms with Gasteiger partial charge in [0.25, 0.3) is 0 Å². The molecular formula is C22H25N3O3.